The molecule has 210 valence electrons. The number of thiazole rings is 1. The van der Waals surface area contributed by atoms with Crippen molar-refractivity contribution in [2.45, 2.75) is 30.6 Å². The third kappa shape index (κ3) is 9.40. The lowest BCUT2D eigenvalue weighted by molar-refractivity contribution is -0.137. The van der Waals surface area contributed by atoms with Gasteiger partial charge in [-0.25, -0.2) is 18.1 Å². The number of aryl methyl sites for hydroxylation is 1. The maximum Gasteiger partial charge on any atom is 0.270 e. The van der Waals surface area contributed by atoms with E-state index in [-0.39, 0.29) is 42.3 Å². The van der Waals surface area contributed by atoms with E-state index in [9.17, 15) is 18.0 Å². The molecule has 0 aliphatic carbocycles. The lowest BCUT2D eigenvalue weighted by Crippen LogP contribution is -2.40. The molecular weight excluding hydrogens is 532 g/mol. The summed E-state index contributed by atoms with van der Waals surface area (Å²) in [5, 5.41) is 5.28. The summed E-state index contributed by atoms with van der Waals surface area (Å²) in [5.74, 6) is -0.211. The minimum absolute atomic E-state index is 0.0288. The van der Waals surface area contributed by atoms with Gasteiger partial charge < -0.3 is 24.4 Å². The van der Waals surface area contributed by atoms with Crippen LogP contribution in [0.3, 0.4) is 0 Å². The van der Waals surface area contributed by atoms with Gasteiger partial charge in [-0.1, -0.05) is 17.7 Å². The fraction of sp³-hybridized carbons (Fsp3) is 0.560. The second-order valence-electron chi connectivity index (χ2n) is 8.85. The number of hydrogen-bond donors (Lipinski definition) is 2. The van der Waals surface area contributed by atoms with Crippen LogP contribution in [0.1, 0.15) is 39.8 Å². The van der Waals surface area contributed by atoms with Crippen LogP contribution in [0.2, 0.25) is 0 Å². The van der Waals surface area contributed by atoms with Crippen LogP contribution in [0.15, 0.2) is 34.5 Å². The molecule has 1 fully saturated rings. The molecule has 1 aromatic carbocycles. The number of rotatable bonds is 15. The topological polar surface area (TPSA) is 136 Å². The lowest BCUT2D eigenvalue weighted by atomic mass is 9.97. The normalized spacial score (nSPS) is 14.5. The van der Waals surface area contributed by atoms with Crippen LogP contribution >= 0.6 is 11.3 Å². The van der Waals surface area contributed by atoms with E-state index in [4.69, 9.17) is 14.2 Å². The zero-order valence-corrected chi connectivity index (χ0v) is 23.4. The number of likely N-dealkylation sites (tertiary alicyclic amines) is 1. The van der Waals surface area contributed by atoms with Gasteiger partial charge in [0.2, 0.25) is 15.9 Å². The quantitative estimate of drug-likeness (QED) is 0.309. The smallest absolute Gasteiger partial charge is 0.270 e. The molecular formula is C25H36N4O7S2. The number of methoxy groups -OCH3 is 1. The molecule has 3 rings (SSSR count). The average molecular weight is 569 g/mol. The van der Waals surface area contributed by atoms with Crippen molar-refractivity contribution in [3.8, 4) is 0 Å². The number of carbonyl (C=O) groups is 2. The van der Waals surface area contributed by atoms with Crippen LogP contribution in [-0.4, -0.2) is 96.4 Å². The van der Waals surface area contributed by atoms with E-state index in [0.29, 0.717) is 45.2 Å². The van der Waals surface area contributed by atoms with Gasteiger partial charge in [0, 0.05) is 44.6 Å². The number of piperidine rings is 1. The fourth-order valence-corrected chi connectivity index (χ4v) is 5.82. The Labute approximate surface area is 227 Å². The fourth-order valence-electron chi connectivity index (χ4n) is 3.82. The first kappa shape index (κ1) is 30.1. The van der Waals surface area contributed by atoms with Gasteiger partial charge in [-0.2, -0.15) is 0 Å². The first-order valence-corrected chi connectivity index (χ1v) is 14.9. The third-order valence-electron chi connectivity index (χ3n) is 6.01. The second-order valence-corrected chi connectivity index (χ2v) is 11.5. The second kappa shape index (κ2) is 15.2. The molecule has 0 unspecified atom stereocenters. The van der Waals surface area contributed by atoms with Gasteiger partial charge in [-0.05, 0) is 31.9 Å². The first-order valence-electron chi connectivity index (χ1n) is 12.5. The lowest BCUT2D eigenvalue weighted by Gasteiger charge is -2.31. The summed E-state index contributed by atoms with van der Waals surface area (Å²) in [6, 6.07) is 6.56. The van der Waals surface area contributed by atoms with Gasteiger partial charge in [-0.3, -0.25) is 9.59 Å². The Hall–Kier alpha value is -2.42. The van der Waals surface area contributed by atoms with Gasteiger partial charge in [0.15, 0.2) is 0 Å². The number of nitrogens with zero attached hydrogens (tertiary/aromatic N) is 2. The van der Waals surface area contributed by atoms with Gasteiger partial charge in [-0.15, -0.1) is 11.3 Å². The standard InChI is InChI=1S/C25H36N4O7S2/c1-19-3-5-21(6-4-19)38(32,33)27-10-9-26-24(31)22-18-37-25(28-22)20-7-11-29(12-8-20)23(30)17-36-16-15-35-14-13-34-2/h3-6,18,20,27H,7-17H2,1-2H3,(H,26,31). The molecule has 2 amide bonds. The zero-order valence-electron chi connectivity index (χ0n) is 21.8. The molecule has 0 atom stereocenters. The molecule has 0 bridgehead atoms. The Morgan fingerprint density at radius 2 is 1.74 bits per heavy atom. The molecule has 38 heavy (non-hydrogen) atoms. The Balaban J connectivity index is 1.34. The van der Waals surface area contributed by atoms with Crippen molar-refractivity contribution in [2.24, 2.45) is 0 Å². The van der Waals surface area contributed by atoms with Crippen molar-refractivity contribution in [1.82, 2.24) is 19.9 Å². The molecule has 2 aromatic rings. The third-order valence-corrected chi connectivity index (χ3v) is 8.50. The Morgan fingerprint density at radius 1 is 1.05 bits per heavy atom. The van der Waals surface area contributed by atoms with Crippen molar-refractivity contribution in [3.63, 3.8) is 0 Å². The van der Waals surface area contributed by atoms with E-state index in [2.05, 4.69) is 15.0 Å². The van der Waals surface area contributed by atoms with Crippen molar-refractivity contribution < 1.29 is 32.2 Å². The monoisotopic (exact) mass is 568 g/mol. The summed E-state index contributed by atoms with van der Waals surface area (Å²) >= 11 is 1.43. The van der Waals surface area contributed by atoms with Gasteiger partial charge in [0.05, 0.1) is 36.3 Å². The number of amides is 2. The largest absolute Gasteiger partial charge is 0.382 e. The first-order chi connectivity index (χ1) is 18.3. The van der Waals surface area contributed by atoms with Gasteiger partial charge in [0.1, 0.15) is 12.3 Å². The molecule has 1 aliphatic heterocycles. The van der Waals surface area contributed by atoms with Crippen molar-refractivity contribution >= 4 is 33.2 Å². The number of benzene rings is 1. The number of sulfonamides is 1. The Morgan fingerprint density at radius 3 is 2.45 bits per heavy atom. The number of aromatic nitrogens is 1. The van der Waals surface area contributed by atoms with Crippen LogP contribution in [0.5, 0.6) is 0 Å². The minimum Gasteiger partial charge on any atom is -0.382 e. The molecule has 0 saturated carbocycles. The minimum atomic E-state index is -3.63. The molecule has 1 aliphatic rings. The summed E-state index contributed by atoms with van der Waals surface area (Å²) in [5.41, 5.74) is 1.28. The zero-order chi connectivity index (χ0) is 27.4. The van der Waals surface area contributed by atoms with Crippen LogP contribution in [0.4, 0.5) is 0 Å². The Kier molecular flexibility index (Phi) is 12.1. The summed E-state index contributed by atoms with van der Waals surface area (Å²) in [7, 11) is -2.02. The number of carbonyl (C=O) groups excluding carboxylic acids is 2. The van der Waals surface area contributed by atoms with Crippen molar-refractivity contribution in [3.05, 3.63) is 45.9 Å². The number of hydrogen-bond acceptors (Lipinski definition) is 9. The van der Waals surface area contributed by atoms with Crippen molar-refractivity contribution in [1.29, 1.82) is 0 Å². The number of nitrogens with one attached hydrogen (secondary N) is 2. The highest BCUT2D eigenvalue weighted by Crippen LogP contribution is 2.30. The number of ether oxygens (including phenoxy) is 3. The SMILES string of the molecule is COCCOCCOCC(=O)N1CCC(c2nc(C(=O)NCCNS(=O)(=O)c3ccc(C)cc3)cs2)CC1. The van der Waals surface area contributed by atoms with E-state index in [1.165, 1.54) is 11.3 Å². The molecule has 13 heteroatoms. The molecule has 0 radical (unpaired) electrons. The molecule has 2 heterocycles. The van der Waals surface area contributed by atoms with Crippen LogP contribution in [0, 0.1) is 6.92 Å². The molecule has 0 spiro atoms. The van der Waals surface area contributed by atoms with E-state index in [1.807, 2.05) is 6.92 Å². The maximum absolute atomic E-state index is 12.5. The summed E-state index contributed by atoms with van der Waals surface area (Å²) in [6.45, 7) is 5.13. The van der Waals surface area contributed by atoms with Crippen LogP contribution in [-0.2, 0) is 29.0 Å². The van der Waals surface area contributed by atoms with Gasteiger partial charge >= 0.3 is 0 Å². The van der Waals surface area contributed by atoms with E-state index in [0.717, 1.165) is 23.4 Å². The molecule has 11 nitrogen and oxygen atoms in total. The highest BCUT2D eigenvalue weighted by atomic mass is 32.2. The molecule has 1 saturated heterocycles. The highest BCUT2D eigenvalue weighted by molar-refractivity contribution is 7.89. The Bertz CT molecular complexity index is 1130. The predicted molar refractivity (Wildman–Crippen MR) is 143 cm³/mol. The van der Waals surface area contributed by atoms with E-state index >= 15 is 0 Å². The molecule has 2 N–H and O–H groups in total. The van der Waals surface area contributed by atoms with Crippen LogP contribution in [0.25, 0.3) is 0 Å². The average Bonchev–Trinajstić information content (AvgIpc) is 3.41. The summed E-state index contributed by atoms with van der Waals surface area (Å²) in [6.07, 6.45) is 1.53. The summed E-state index contributed by atoms with van der Waals surface area (Å²) < 4.78 is 42.8. The maximum atomic E-state index is 12.5. The van der Waals surface area contributed by atoms with Gasteiger partial charge in [0.25, 0.3) is 5.91 Å². The van der Waals surface area contributed by atoms with Crippen molar-refractivity contribution in [2.75, 3.05) is 66.3 Å². The summed E-state index contributed by atoms with van der Waals surface area (Å²) in [4.78, 5) is 31.3. The highest BCUT2D eigenvalue weighted by Gasteiger charge is 2.26. The van der Waals surface area contributed by atoms with Crippen LogP contribution < -0.4 is 10.0 Å². The van der Waals surface area contributed by atoms with E-state index < -0.39 is 10.0 Å². The molecule has 1 aromatic heterocycles. The van der Waals surface area contributed by atoms with E-state index in [1.54, 1.807) is 41.7 Å². The predicted octanol–water partition coefficient (Wildman–Crippen LogP) is 1.55.